The largest absolute Gasteiger partial charge is 0.379 e. The lowest BCUT2D eigenvalue weighted by atomic mass is 10.1. The molecule has 2 saturated heterocycles. The Kier molecular flexibility index (Phi) is 5.26. The maximum Gasteiger partial charge on any atom is 0.232 e. The summed E-state index contributed by atoms with van der Waals surface area (Å²) in [4.78, 5) is 2.15. The summed E-state index contributed by atoms with van der Waals surface area (Å²) in [6, 6.07) is 0. The number of piperidine rings is 1. The summed E-state index contributed by atoms with van der Waals surface area (Å²) in [5.74, 6) is 0. The van der Waals surface area contributed by atoms with Crippen molar-refractivity contribution in [2.75, 3.05) is 45.9 Å². The van der Waals surface area contributed by atoms with Crippen molar-refractivity contribution in [3.63, 3.8) is 0 Å². The van der Waals surface area contributed by atoms with Gasteiger partial charge >= 0.3 is 0 Å². The van der Waals surface area contributed by atoms with E-state index in [0.717, 1.165) is 25.9 Å². The van der Waals surface area contributed by atoms with Crippen molar-refractivity contribution < 1.29 is 13.2 Å². The molecule has 0 aliphatic carbocycles. The summed E-state index contributed by atoms with van der Waals surface area (Å²) in [7, 11) is -3.38. The van der Waals surface area contributed by atoms with Crippen LogP contribution in [-0.4, -0.2) is 68.3 Å². The van der Waals surface area contributed by atoms with Gasteiger partial charge < -0.3 is 9.64 Å². The maximum absolute atomic E-state index is 12.3. The van der Waals surface area contributed by atoms with Crippen molar-refractivity contribution in [1.29, 1.82) is 0 Å². The van der Waals surface area contributed by atoms with Gasteiger partial charge in [0.25, 0.3) is 0 Å². The van der Waals surface area contributed by atoms with Crippen LogP contribution in [0.1, 0.15) is 19.3 Å². The van der Waals surface area contributed by atoms with E-state index in [2.05, 4.69) is 4.90 Å². The van der Waals surface area contributed by atoms with E-state index in [9.17, 15) is 8.42 Å². The molecule has 2 heterocycles. The van der Waals surface area contributed by atoms with Crippen LogP contribution >= 0.6 is 11.6 Å². The molecule has 0 N–H and O–H groups in total. The summed E-state index contributed by atoms with van der Waals surface area (Å²) < 4.78 is 30.3. The van der Waals surface area contributed by atoms with Crippen molar-refractivity contribution in [3.8, 4) is 0 Å². The van der Waals surface area contributed by atoms with Gasteiger partial charge in [-0.2, -0.15) is 4.31 Å². The molecular weight excluding hydrogens is 276 g/mol. The molecule has 0 bridgehead atoms. The molecule has 0 aromatic carbocycles. The first kappa shape index (κ1) is 14.5. The standard InChI is InChI=1S/C11H21ClN2O3S/c12-11(10-13-4-2-1-3-5-13)18(15,16)14-6-8-17-9-7-14/h11H,1-10H2. The molecular formula is C11H21ClN2O3S. The van der Waals surface area contributed by atoms with Crippen LogP contribution in [-0.2, 0) is 14.8 Å². The molecule has 18 heavy (non-hydrogen) atoms. The number of alkyl halides is 1. The van der Waals surface area contributed by atoms with Crippen LogP contribution in [0.2, 0.25) is 0 Å². The number of hydrogen-bond donors (Lipinski definition) is 0. The molecule has 2 rings (SSSR count). The molecule has 1 unspecified atom stereocenters. The third-order valence-electron chi connectivity index (χ3n) is 3.50. The maximum atomic E-state index is 12.3. The molecule has 5 nitrogen and oxygen atoms in total. The Hall–Kier alpha value is 0.120. The second-order valence-electron chi connectivity index (χ2n) is 4.83. The normalized spacial score (nSPS) is 26.1. The van der Waals surface area contributed by atoms with Crippen LogP contribution in [0, 0.1) is 0 Å². The molecule has 7 heteroatoms. The van der Waals surface area contributed by atoms with Gasteiger partial charge in [0.15, 0.2) is 4.71 Å². The van der Waals surface area contributed by atoms with Gasteiger partial charge in [0.05, 0.1) is 13.2 Å². The monoisotopic (exact) mass is 296 g/mol. The number of rotatable bonds is 4. The third kappa shape index (κ3) is 3.57. The second-order valence-corrected chi connectivity index (χ2v) is 7.73. The zero-order valence-electron chi connectivity index (χ0n) is 10.6. The number of ether oxygens (including phenoxy) is 1. The molecule has 2 aliphatic heterocycles. The van der Waals surface area contributed by atoms with Gasteiger partial charge in [0.1, 0.15) is 0 Å². The van der Waals surface area contributed by atoms with E-state index in [-0.39, 0.29) is 0 Å². The number of nitrogens with zero attached hydrogens (tertiary/aromatic N) is 2. The molecule has 0 saturated carbocycles. The van der Waals surface area contributed by atoms with Crippen LogP contribution in [0.5, 0.6) is 0 Å². The Morgan fingerprint density at radius 3 is 2.28 bits per heavy atom. The highest BCUT2D eigenvalue weighted by molar-refractivity contribution is 7.91. The average Bonchev–Trinajstić information content (AvgIpc) is 2.41. The van der Waals surface area contributed by atoms with Crippen molar-refractivity contribution in [2.45, 2.75) is 24.0 Å². The first-order valence-electron chi connectivity index (χ1n) is 6.54. The van der Waals surface area contributed by atoms with Crippen LogP contribution in [0.3, 0.4) is 0 Å². The van der Waals surface area contributed by atoms with Crippen LogP contribution in [0.15, 0.2) is 0 Å². The number of hydrogen-bond acceptors (Lipinski definition) is 4. The van der Waals surface area contributed by atoms with Crippen molar-refractivity contribution in [1.82, 2.24) is 9.21 Å². The third-order valence-corrected chi connectivity index (χ3v) is 6.20. The van der Waals surface area contributed by atoms with E-state index in [4.69, 9.17) is 16.3 Å². The molecule has 0 aromatic rings. The van der Waals surface area contributed by atoms with Gasteiger partial charge in [0, 0.05) is 19.6 Å². The number of morpholine rings is 1. The molecule has 0 radical (unpaired) electrons. The summed E-state index contributed by atoms with van der Waals surface area (Å²) in [6.45, 7) is 4.13. The van der Waals surface area contributed by atoms with E-state index < -0.39 is 14.7 Å². The Morgan fingerprint density at radius 2 is 1.67 bits per heavy atom. The first-order chi connectivity index (χ1) is 8.60. The van der Waals surface area contributed by atoms with Gasteiger partial charge in [-0.3, -0.25) is 0 Å². The lowest BCUT2D eigenvalue weighted by Crippen LogP contribution is -2.47. The molecule has 0 aromatic heterocycles. The lowest BCUT2D eigenvalue weighted by Gasteiger charge is -2.32. The summed E-state index contributed by atoms with van der Waals surface area (Å²) in [6.07, 6.45) is 3.52. The highest BCUT2D eigenvalue weighted by atomic mass is 35.5. The van der Waals surface area contributed by atoms with Gasteiger partial charge in [-0.25, -0.2) is 8.42 Å². The molecule has 1 atom stereocenters. The Morgan fingerprint density at radius 1 is 1.06 bits per heavy atom. The van der Waals surface area contributed by atoms with Crippen LogP contribution in [0.4, 0.5) is 0 Å². The van der Waals surface area contributed by atoms with E-state index in [0.29, 0.717) is 32.8 Å². The second kappa shape index (κ2) is 6.52. The number of halogens is 1. The van der Waals surface area contributed by atoms with Gasteiger partial charge in [-0.1, -0.05) is 6.42 Å². The quantitative estimate of drug-likeness (QED) is 0.717. The smallest absolute Gasteiger partial charge is 0.232 e. The minimum Gasteiger partial charge on any atom is -0.379 e. The Balaban J connectivity index is 1.91. The summed E-state index contributed by atoms with van der Waals surface area (Å²) >= 11 is 6.13. The fourth-order valence-corrected chi connectivity index (χ4v) is 4.32. The van der Waals surface area contributed by atoms with Gasteiger partial charge in [0.2, 0.25) is 10.0 Å². The minimum absolute atomic E-state index is 0.422. The lowest BCUT2D eigenvalue weighted by molar-refractivity contribution is 0.0727. The van der Waals surface area contributed by atoms with Gasteiger partial charge in [-0.15, -0.1) is 11.6 Å². The highest BCUT2D eigenvalue weighted by Crippen LogP contribution is 2.18. The average molecular weight is 297 g/mol. The summed E-state index contributed by atoms with van der Waals surface area (Å²) in [5.41, 5.74) is 0. The topological polar surface area (TPSA) is 49.9 Å². The van der Waals surface area contributed by atoms with Crippen LogP contribution in [0.25, 0.3) is 0 Å². The number of likely N-dealkylation sites (tertiary alicyclic amines) is 1. The molecule has 106 valence electrons. The molecule has 0 spiro atoms. The Labute approximate surface area is 114 Å². The fourth-order valence-electron chi connectivity index (χ4n) is 2.40. The van der Waals surface area contributed by atoms with Crippen LogP contribution < -0.4 is 0 Å². The predicted octanol–water partition coefficient (Wildman–Crippen LogP) is 0.699. The molecule has 0 amide bonds. The van der Waals surface area contributed by atoms with Gasteiger partial charge in [-0.05, 0) is 25.9 Å². The van der Waals surface area contributed by atoms with Crippen molar-refractivity contribution in [3.05, 3.63) is 0 Å². The highest BCUT2D eigenvalue weighted by Gasteiger charge is 2.33. The summed E-state index contributed by atoms with van der Waals surface area (Å²) in [5, 5.41) is 0. The van der Waals surface area contributed by atoms with Crippen molar-refractivity contribution >= 4 is 21.6 Å². The predicted molar refractivity (Wildman–Crippen MR) is 71.2 cm³/mol. The van der Waals surface area contributed by atoms with E-state index in [1.165, 1.54) is 10.7 Å². The number of sulfonamides is 1. The first-order valence-corrected chi connectivity index (χ1v) is 8.48. The van der Waals surface area contributed by atoms with E-state index >= 15 is 0 Å². The minimum atomic E-state index is -3.38. The molecule has 2 aliphatic rings. The van der Waals surface area contributed by atoms with Crippen molar-refractivity contribution in [2.24, 2.45) is 0 Å². The zero-order chi connectivity index (χ0) is 13.0. The van der Waals surface area contributed by atoms with E-state index in [1.807, 2.05) is 0 Å². The Bertz CT molecular complexity index is 351. The van der Waals surface area contributed by atoms with E-state index in [1.54, 1.807) is 0 Å². The molecule has 2 fully saturated rings. The zero-order valence-corrected chi connectivity index (χ0v) is 12.1. The fraction of sp³-hybridized carbons (Fsp3) is 1.00. The SMILES string of the molecule is O=S(=O)(C(Cl)CN1CCCCC1)N1CCOCC1.